The zero-order valence-electron chi connectivity index (χ0n) is 17.2. The fourth-order valence-electron chi connectivity index (χ4n) is 4.84. The number of nitrogens with zero attached hydrogens (tertiary/aromatic N) is 2. The van der Waals surface area contributed by atoms with Gasteiger partial charge in [0.15, 0.2) is 0 Å². The maximum atomic E-state index is 13.0. The van der Waals surface area contributed by atoms with Gasteiger partial charge in [-0.2, -0.15) is 0 Å². The molecule has 6 nitrogen and oxygen atoms in total. The average molecular weight is 428 g/mol. The number of rotatable bonds is 5. The molecule has 2 aliphatic heterocycles. The van der Waals surface area contributed by atoms with Gasteiger partial charge in [-0.3, -0.25) is 4.79 Å². The molecule has 1 atom stereocenters. The Morgan fingerprint density at radius 3 is 2.40 bits per heavy atom. The van der Waals surface area contributed by atoms with Gasteiger partial charge in [-0.15, -0.1) is 0 Å². The molecule has 0 radical (unpaired) electrons. The van der Waals surface area contributed by atoms with Gasteiger partial charge in [0, 0.05) is 37.2 Å². The van der Waals surface area contributed by atoms with Crippen molar-refractivity contribution in [1.29, 1.82) is 0 Å². The van der Waals surface area contributed by atoms with Gasteiger partial charge < -0.3 is 9.80 Å². The molecule has 2 heterocycles. The van der Waals surface area contributed by atoms with Crippen molar-refractivity contribution in [2.24, 2.45) is 10.6 Å². The summed E-state index contributed by atoms with van der Waals surface area (Å²) in [5.74, 6) is -0.0331. The van der Waals surface area contributed by atoms with E-state index in [9.17, 15) is 13.2 Å². The zero-order chi connectivity index (χ0) is 21.2. The van der Waals surface area contributed by atoms with E-state index in [0.717, 1.165) is 52.0 Å². The summed E-state index contributed by atoms with van der Waals surface area (Å²) in [5.41, 5.74) is 2.05. The molecule has 160 valence electrons. The molecule has 0 aliphatic carbocycles. The van der Waals surface area contributed by atoms with Crippen molar-refractivity contribution in [3.8, 4) is 0 Å². The molecule has 7 heteroatoms. The Balaban J connectivity index is 1.37. The van der Waals surface area contributed by atoms with Crippen LogP contribution in [0.1, 0.15) is 35.2 Å². The average Bonchev–Trinajstić information content (AvgIpc) is 3.15. The van der Waals surface area contributed by atoms with Crippen molar-refractivity contribution in [2.75, 3.05) is 32.7 Å². The number of hydrogen-bond donors (Lipinski definition) is 1. The number of hydrogen-bond acceptors (Lipinski definition) is 4. The third-order valence-corrected chi connectivity index (χ3v) is 7.38. The number of sulfonamides is 1. The molecule has 4 rings (SSSR count). The van der Waals surface area contributed by atoms with Crippen LogP contribution in [-0.2, 0) is 16.4 Å². The van der Waals surface area contributed by atoms with Crippen LogP contribution in [0.2, 0.25) is 0 Å². The Kier molecular flexibility index (Phi) is 5.95. The van der Waals surface area contributed by atoms with Crippen LogP contribution >= 0.6 is 0 Å². The number of carbonyl (C=O) groups is 1. The summed E-state index contributed by atoms with van der Waals surface area (Å²) in [6.45, 7) is 4.73. The summed E-state index contributed by atoms with van der Waals surface area (Å²) in [6, 6.07) is 16.5. The lowest BCUT2D eigenvalue weighted by Gasteiger charge is -2.40. The van der Waals surface area contributed by atoms with Gasteiger partial charge in [0.25, 0.3) is 5.91 Å². The van der Waals surface area contributed by atoms with Gasteiger partial charge in [-0.1, -0.05) is 30.3 Å². The Labute approximate surface area is 178 Å². The van der Waals surface area contributed by atoms with E-state index < -0.39 is 10.0 Å². The minimum Gasteiger partial charge on any atom is -0.338 e. The smallest absolute Gasteiger partial charge is 0.253 e. The topological polar surface area (TPSA) is 83.7 Å². The van der Waals surface area contributed by atoms with Crippen LogP contribution in [0.3, 0.4) is 0 Å². The van der Waals surface area contributed by atoms with Crippen LogP contribution in [0.15, 0.2) is 59.5 Å². The second-order valence-corrected chi connectivity index (χ2v) is 10.2. The molecule has 1 spiro atoms. The maximum absolute atomic E-state index is 13.0. The highest BCUT2D eigenvalue weighted by Gasteiger charge is 2.42. The lowest BCUT2D eigenvalue weighted by molar-refractivity contribution is 0.0692. The van der Waals surface area contributed by atoms with Gasteiger partial charge >= 0.3 is 0 Å². The zero-order valence-corrected chi connectivity index (χ0v) is 18.0. The molecule has 1 amide bonds. The highest BCUT2D eigenvalue weighted by atomic mass is 32.2. The van der Waals surface area contributed by atoms with E-state index in [2.05, 4.69) is 29.2 Å². The van der Waals surface area contributed by atoms with E-state index in [-0.39, 0.29) is 16.2 Å². The summed E-state index contributed by atoms with van der Waals surface area (Å²) in [4.78, 5) is 17.5. The molecule has 2 aliphatic rings. The first-order valence-corrected chi connectivity index (χ1v) is 12.1. The lowest BCUT2D eigenvalue weighted by atomic mass is 9.79. The second-order valence-electron chi connectivity index (χ2n) is 8.66. The van der Waals surface area contributed by atoms with Crippen molar-refractivity contribution in [2.45, 2.75) is 30.6 Å². The van der Waals surface area contributed by atoms with Crippen LogP contribution in [0, 0.1) is 5.41 Å². The maximum Gasteiger partial charge on any atom is 0.253 e. The Morgan fingerprint density at radius 2 is 1.70 bits per heavy atom. The normalized spacial score (nSPS) is 22.5. The number of amides is 1. The molecule has 0 bridgehead atoms. The molecule has 2 fully saturated rings. The lowest BCUT2D eigenvalue weighted by Crippen LogP contribution is -2.46. The summed E-state index contributed by atoms with van der Waals surface area (Å²) < 4.78 is 22.8. The molecule has 2 saturated heterocycles. The first kappa shape index (κ1) is 21.0. The largest absolute Gasteiger partial charge is 0.338 e. The van der Waals surface area contributed by atoms with Gasteiger partial charge in [0.05, 0.1) is 4.90 Å². The second kappa shape index (κ2) is 8.49. The van der Waals surface area contributed by atoms with Crippen molar-refractivity contribution in [3.63, 3.8) is 0 Å². The van der Waals surface area contributed by atoms with Crippen LogP contribution < -0.4 is 5.14 Å². The van der Waals surface area contributed by atoms with Crippen LogP contribution in [-0.4, -0.2) is 56.8 Å². The van der Waals surface area contributed by atoms with Gasteiger partial charge in [-0.25, -0.2) is 13.6 Å². The van der Waals surface area contributed by atoms with Crippen molar-refractivity contribution >= 4 is 15.9 Å². The van der Waals surface area contributed by atoms with Crippen molar-refractivity contribution in [1.82, 2.24) is 9.80 Å². The molecule has 0 unspecified atom stereocenters. The highest BCUT2D eigenvalue weighted by Crippen LogP contribution is 2.39. The molecule has 0 saturated carbocycles. The predicted octanol–water partition coefficient (Wildman–Crippen LogP) is 2.50. The van der Waals surface area contributed by atoms with Gasteiger partial charge in [-0.05, 0) is 62.1 Å². The molecular formula is C23H29N3O3S. The summed E-state index contributed by atoms with van der Waals surface area (Å²) in [7, 11) is -3.75. The quantitative estimate of drug-likeness (QED) is 0.795. The Hall–Kier alpha value is -2.22. The van der Waals surface area contributed by atoms with E-state index >= 15 is 0 Å². The van der Waals surface area contributed by atoms with Crippen LogP contribution in [0.25, 0.3) is 0 Å². The monoisotopic (exact) mass is 427 g/mol. The van der Waals surface area contributed by atoms with Crippen LogP contribution in [0.4, 0.5) is 0 Å². The summed E-state index contributed by atoms with van der Waals surface area (Å²) in [5, 5.41) is 5.15. The SMILES string of the molecule is NS(=O)(=O)c1ccc(C(=O)N2CC[C@@]3(CCCN(CCc4ccccc4)C3)C2)cc1. The molecule has 0 aromatic heterocycles. The minimum absolute atomic E-state index is 0.0262. The molecule has 2 aromatic carbocycles. The number of likely N-dealkylation sites (tertiary alicyclic amines) is 2. The number of carbonyl (C=O) groups excluding carboxylic acids is 1. The third-order valence-electron chi connectivity index (χ3n) is 6.46. The van der Waals surface area contributed by atoms with Crippen LogP contribution in [0.5, 0.6) is 0 Å². The summed E-state index contributed by atoms with van der Waals surface area (Å²) in [6.07, 6.45) is 4.40. The molecular weight excluding hydrogens is 398 g/mol. The number of nitrogens with two attached hydrogens (primary N) is 1. The van der Waals surface area contributed by atoms with Crippen molar-refractivity contribution in [3.05, 3.63) is 65.7 Å². The fraction of sp³-hybridized carbons (Fsp3) is 0.435. The predicted molar refractivity (Wildman–Crippen MR) is 117 cm³/mol. The number of primary sulfonamides is 1. The summed E-state index contributed by atoms with van der Waals surface area (Å²) >= 11 is 0. The third kappa shape index (κ3) is 4.74. The van der Waals surface area contributed by atoms with E-state index in [1.54, 1.807) is 12.1 Å². The molecule has 2 aromatic rings. The van der Waals surface area contributed by atoms with E-state index in [1.807, 2.05) is 11.0 Å². The minimum atomic E-state index is -3.75. The van der Waals surface area contributed by atoms with E-state index in [0.29, 0.717) is 5.56 Å². The van der Waals surface area contributed by atoms with E-state index in [4.69, 9.17) is 5.14 Å². The molecule has 30 heavy (non-hydrogen) atoms. The van der Waals surface area contributed by atoms with Gasteiger partial charge in [0.1, 0.15) is 0 Å². The standard InChI is InChI=1S/C23H29N3O3S/c24-30(28,29)21-9-7-20(8-10-21)22(27)26-16-13-23(18-26)12-4-14-25(17-23)15-11-19-5-2-1-3-6-19/h1-3,5-10H,4,11-18H2,(H2,24,28,29)/t23-/m1/s1. The van der Waals surface area contributed by atoms with E-state index in [1.165, 1.54) is 24.1 Å². The van der Waals surface area contributed by atoms with Gasteiger partial charge in [0.2, 0.25) is 10.0 Å². The number of piperidine rings is 1. The highest BCUT2D eigenvalue weighted by molar-refractivity contribution is 7.89. The van der Waals surface area contributed by atoms with Crippen molar-refractivity contribution < 1.29 is 13.2 Å². The number of benzene rings is 2. The first-order valence-electron chi connectivity index (χ1n) is 10.5. The molecule has 2 N–H and O–H groups in total. The Morgan fingerprint density at radius 1 is 0.967 bits per heavy atom. The fourth-order valence-corrected chi connectivity index (χ4v) is 5.36. The Bertz CT molecular complexity index is 992. The first-order chi connectivity index (χ1) is 14.3.